The number of hydrogen-bond acceptors (Lipinski definition) is 2. The van der Waals surface area contributed by atoms with Crippen molar-refractivity contribution < 1.29 is 4.74 Å². The molecule has 0 aromatic rings. The van der Waals surface area contributed by atoms with Gasteiger partial charge >= 0.3 is 0 Å². The van der Waals surface area contributed by atoms with Gasteiger partial charge in [0.2, 0.25) is 0 Å². The molecule has 2 unspecified atom stereocenters. The van der Waals surface area contributed by atoms with Crippen molar-refractivity contribution in [2.24, 2.45) is 11.3 Å². The fourth-order valence-electron chi connectivity index (χ4n) is 3.58. The van der Waals surface area contributed by atoms with Crippen LogP contribution in [0.5, 0.6) is 0 Å². The summed E-state index contributed by atoms with van der Waals surface area (Å²) >= 11 is 0. The molecule has 3 fully saturated rings. The zero-order valence-electron chi connectivity index (χ0n) is 8.22. The highest BCUT2D eigenvalue weighted by molar-refractivity contribution is 4.98. The Morgan fingerprint density at radius 1 is 1.15 bits per heavy atom. The third kappa shape index (κ3) is 1.31. The van der Waals surface area contributed by atoms with Crippen molar-refractivity contribution in [2.75, 3.05) is 19.7 Å². The zero-order valence-corrected chi connectivity index (χ0v) is 8.22. The molecule has 2 saturated heterocycles. The predicted molar refractivity (Wildman–Crippen MR) is 51.6 cm³/mol. The van der Waals surface area contributed by atoms with Crippen molar-refractivity contribution in [3.63, 3.8) is 0 Å². The second-order valence-electron chi connectivity index (χ2n) is 5.12. The lowest BCUT2D eigenvalue weighted by atomic mass is 9.76. The minimum atomic E-state index is 0.637. The van der Waals surface area contributed by atoms with Crippen LogP contribution in [-0.2, 0) is 4.74 Å². The monoisotopic (exact) mass is 181 g/mol. The van der Waals surface area contributed by atoms with Gasteiger partial charge in [-0.2, -0.15) is 0 Å². The maximum atomic E-state index is 5.78. The van der Waals surface area contributed by atoms with E-state index in [1.807, 2.05) is 0 Å². The first-order chi connectivity index (χ1) is 6.38. The van der Waals surface area contributed by atoms with Crippen molar-refractivity contribution in [2.45, 2.75) is 38.2 Å². The third-order valence-corrected chi connectivity index (χ3v) is 4.34. The lowest BCUT2D eigenvalue weighted by Crippen LogP contribution is -2.35. The van der Waals surface area contributed by atoms with Gasteiger partial charge in [-0.3, -0.25) is 0 Å². The SMILES string of the molecule is C1CC2(CCN1)CC1CCOC1C2. The molecule has 3 rings (SSSR count). The number of piperidine rings is 1. The Hall–Kier alpha value is -0.0800. The van der Waals surface area contributed by atoms with Crippen LogP contribution in [0, 0.1) is 11.3 Å². The van der Waals surface area contributed by atoms with Gasteiger partial charge in [-0.1, -0.05) is 0 Å². The smallest absolute Gasteiger partial charge is 0.0609 e. The summed E-state index contributed by atoms with van der Waals surface area (Å²) in [5.41, 5.74) is 0.682. The molecule has 0 radical (unpaired) electrons. The average molecular weight is 181 g/mol. The Bertz CT molecular complexity index is 184. The van der Waals surface area contributed by atoms with E-state index in [0.29, 0.717) is 11.5 Å². The molecule has 1 spiro atoms. The lowest BCUT2D eigenvalue weighted by Gasteiger charge is -2.34. The van der Waals surface area contributed by atoms with Gasteiger partial charge in [-0.15, -0.1) is 0 Å². The summed E-state index contributed by atoms with van der Waals surface area (Å²) in [6.07, 6.45) is 7.57. The molecule has 0 bridgehead atoms. The van der Waals surface area contributed by atoms with Gasteiger partial charge in [-0.05, 0) is 56.5 Å². The molecule has 0 amide bonds. The number of hydrogen-bond donors (Lipinski definition) is 1. The van der Waals surface area contributed by atoms with E-state index < -0.39 is 0 Å². The fraction of sp³-hybridized carbons (Fsp3) is 1.00. The average Bonchev–Trinajstić information content (AvgIpc) is 2.64. The molecule has 1 saturated carbocycles. The van der Waals surface area contributed by atoms with Crippen LogP contribution in [0.15, 0.2) is 0 Å². The van der Waals surface area contributed by atoms with Crippen LogP contribution in [0.2, 0.25) is 0 Å². The van der Waals surface area contributed by atoms with Gasteiger partial charge in [0.05, 0.1) is 6.10 Å². The molecule has 0 aromatic heterocycles. The molecule has 2 heterocycles. The summed E-state index contributed by atoms with van der Waals surface area (Å²) in [7, 11) is 0. The Balaban J connectivity index is 1.73. The summed E-state index contributed by atoms with van der Waals surface area (Å²) in [5, 5.41) is 3.46. The maximum absolute atomic E-state index is 5.78. The van der Waals surface area contributed by atoms with E-state index in [-0.39, 0.29) is 0 Å². The van der Waals surface area contributed by atoms with Gasteiger partial charge in [-0.25, -0.2) is 0 Å². The van der Waals surface area contributed by atoms with Crippen LogP contribution in [0.4, 0.5) is 0 Å². The van der Waals surface area contributed by atoms with Crippen LogP contribution < -0.4 is 5.32 Å². The molecular formula is C11H19NO. The van der Waals surface area contributed by atoms with Gasteiger partial charge in [0.15, 0.2) is 0 Å². The Morgan fingerprint density at radius 2 is 2.00 bits per heavy atom. The van der Waals surface area contributed by atoms with Gasteiger partial charge < -0.3 is 10.1 Å². The van der Waals surface area contributed by atoms with Crippen molar-refractivity contribution in [1.29, 1.82) is 0 Å². The molecule has 2 aliphatic heterocycles. The highest BCUT2D eigenvalue weighted by Crippen LogP contribution is 2.51. The van der Waals surface area contributed by atoms with E-state index in [2.05, 4.69) is 5.32 Å². The number of nitrogens with one attached hydrogen (secondary N) is 1. The van der Waals surface area contributed by atoms with Crippen molar-refractivity contribution in [3.8, 4) is 0 Å². The van der Waals surface area contributed by atoms with Crippen LogP contribution in [0.3, 0.4) is 0 Å². The number of ether oxygens (including phenoxy) is 1. The Kier molecular flexibility index (Phi) is 1.88. The van der Waals surface area contributed by atoms with Crippen LogP contribution >= 0.6 is 0 Å². The molecular weight excluding hydrogens is 162 g/mol. The highest BCUT2D eigenvalue weighted by atomic mass is 16.5. The van der Waals surface area contributed by atoms with E-state index in [4.69, 9.17) is 4.74 Å². The zero-order chi connectivity index (χ0) is 8.73. The van der Waals surface area contributed by atoms with E-state index in [0.717, 1.165) is 12.5 Å². The Morgan fingerprint density at radius 3 is 2.77 bits per heavy atom. The molecule has 2 heteroatoms. The first kappa shape index (κ1) is 8.25. The minimum Gasteiger partial charge on any atom is -0.378 e. The van der Waals surface area contributed by atoms with Crippen molar-refractivity contribution >= 4 is 0 Å². The summed E-state index contributed by atoms with van der Waals surface area (Å²) in [5.74, 6) is 0.915. The van der Waals surface area contributed by atoms with E-state index in [1.165, 1.54) is 45.2 Å². The van der Waals surface area contributed by atoms with Crippen LogP contribution in [-0.4, -0.2) is 25.8 Å². The summed E-state index contributed by atoms with van der Waals surface area (Å²) in [6, 6.07) is 0. The number of fused-ring (bicyclic) bond motifs is 1. The normalized spacial score (nSPS) is 42.5. The Labute approximate surface area is 80.0 Å². The lowest BCUT2D eigenvalue weighted by molar-refractivity contribution is 0.0795. The first-order valence-electron chi connectivity index (χ1n) is 5.70. The quantitative estimate of drug-likeness (QED) is 0.612. The van der Waals surface area contributed by atoms with Crippen LogP contribution in [0.1, 0.15) is 32.1 Å². The largest absolute Gasteiger partial charge is 0.378 e. The standard InChI is InChI=1S/C11H19NO/c1-6-13-10-8-11(7-9(1)10)2-4-12-5-3-11/h9-10,12H,1-8H2. The molecule has 0 aromatic carbocycles. The first-order valence-corrected chi connectivity index (χ1v) is 5.70. The highest BCUT2D eigenvalue weighted by Gasteiger charge is 2.47. The van der Waals surface area contributed by atoms with Gasteiger partial charge in [0.1, 0.15) is 0 Å². The second kappa shape index (κ2) is 2.96. The van der Waals surface area contributed by atoms with Gasteiger partial charge in [0, 0.05) is 6.61 Å². The molecule has 1 aliphatic carbocycles. The minimum absolute atomic E-state index is 0.637. The summed E-state index contributed by atoms with van der Waals surface area (Å²) in [4.78, 5) is 0. The molecule has 3 aliphatic rings. The topological polar surface area (TPSA) is 21.3 Å². The van der Waals surface area contributed by atoms with E-state index in [1.54, 1.807) is 0 Å². The number of rotatable bonds is 0. The molecule has 74 valence electrons. The third-order valence-electron chi connectivity index (χ3n) is 4.34. The van der Waals surface area contributed by atoms with E-state index >= 15 is 0 Å². The fourth-order valence-corrected chi connectivity index (χ4v) is 3.58. The second-order valence-corrected chi connectivity index (χ2v) is 5.12. The predicted octanol–water partition coefficient (Wildman–Crippen LogP) is 1.56. The van der Waals surface area contributed by atoms with Gasteiger partial charge in [0.25, 0.3) is 0 Å². The van der Waals surface area contributed by atoms with Crippen LogP contribution in [0.25, 0.3) is 0 Å². The van der Waals surface area contributed by atoms with E-state index in [9.17, 15) is 0 Å². The molecule has 2 nitrogen and oxygen atoms in total. The maximum Gasteiger partial charge on any atom is 0.0609 e. The van der Waals surface area contributed by atoms with Crippen molar-refractivity contribution in [1.82, 2.24) is 5.32 Å². The summed E-state index contributed by atoms with van der Waals surface area (Å²) < 4.78 is 5.78. The summed E-state index contributed by atoms with van der Waals surface area (Å²) in [6.45, 7) is 3.50. The van der Waals surface area contributed by atoms with Crippen molar-refractivity contribution in [3.05, 3.63) is 0 Å². The molecule has 1 N–H and O–H groups in total. The molecule has 2 atom stereocenters. The molecule has 13 heavy (non-hydrogen) atoms.